The van der Waals surface area contributed by atoms with Crippen molar-refractivity contribution in [2.45, 2.75) is 38.4 Å². The van der Waals surface area contributed by atoms with E-state index in [1.54, 1.807) is 22.4 Å². The lowest BCUT2D eigenvalue weighted by Gasteiger charge is -2.29. The van der Waals surface area contributed by atoms with Crippen LogP contribution in [0, 0.1) is 6.92 Å². The molecule has 1 N–H and O–H groups in total. The highest BCUT2D eigenvalue weighted by atomic mass is 32.1. The Balaban J connectivity index is 1.62. The number of hydrogen-bond donors (Lipinski definition) is 1. The summed E-state index contributed by atoms with van der Waals surface area (Å²) in [5.74, 6) is 0.563. The summed E-state index contributed by atoms with van der Waals surface area (Å²) in [6.45, 7) is 2.19. The van der Waals surface area contributed by atoms with Crippen molar-refractivity contribution in [3.8, 4) is 0 Å². The van der Waals surface area contributed by atoms with Crippen LogP contribution in [0.4, 0.5) is 0 Å². The van der Waals surface area contributed by atoms with E-state index in [1.807, 2.05) is 37.3 Å². The third-order valence-corrected chi connectivity index (χ3v) is 5.13. The van der Waals surface area contributed by atoms with Gasteiger partial charge in [-0.15, -0.1) is 5.10 Å². The average Bonchev–Trinajstić information content (AvgIpc) is 3.21. The van der Waals surface area contributed by atoms with Crippen LogP contribution in [0.15, 0.2) is 52.3 Å². The van der Waals surface area contributed by atoms with Gasteiger partial charge in [0.25, 0.3) is 11.8 Å². The molecule has 1 saturated carbocycles. The average molecular weight is 396 g/mol. The lowest BCUT2D eigenvalue weighted by atomic mass is 10.1. The highest BCUT2D eigenvalue weighted by Gasteiger charge is 2.43. The zero-order valence-electron chi connectivity index (χ0n) is 15.4. The molecule has 144 valence electrons. The van der Waals surface area contributed by atoms with E-state index in [2.05, 4.69) is 14.9 Å². The highest BCUT2D eigenvalue weighted by Crippen LogP contribution is 2.36. The van der Waals surface area contributed by atoms with Crippen LogP contribution in [0.5, 0.6) is 0 Å². The van der Waals surface area contributed by atoms with Gasteiger partial charge in [0.2, 0.25) is 0 Å². The Hall–Kier alpha value is -3.00. The van der Waals surface area contributed by atoms with Gasteiger partial charge in [-0.3, -0.25) is 9.59 Å². The molecule has 1 unspecified atom stereocenters. The second-order valence-electron chi connectivity index (χ2n) is 6.79. The standard InChI is InChI=1S/C20H20N4O3S/c1-13-7-10-17(27-13)18(19(25)21-11-14-5-3-2-4-6-14)24(15-8-9-15)20(26)16-12-28-23-22-16/h2-7,10,12,15,18H,8-9,11H2,1H3,(H,21,25). The summed E-state index contributed by atoms with van der Waals surface area (Å²) in [6, 6.07) is 12.3. The minimum absolute atomic E-state index is 0.00733. The molecule has 0 aliphatic heterocycles. The third kappa shape index (κ3) is 3.96. The fourth-order valence-electron chi connectivity index (χ4n) is 3.11. The van der Waals surface area contributed by atoms with Gasteiger partial charge in [0.1, 0.15) is 11.5 Å². The molecule has 0 radical (unpaired) electrons. The van der Waals surface area contributed by atoms with Crippen LogP contribution >= 0.6 is 11.5 Å². The van der Waals surface area contributed by atoms with Crippen LogP contribution in [-0.2, 0) is 11.3 Å². The maximum Gasteiger partial charge on any atom is 0.276 e. The monoisotopic (exact) mass is 396 g/mol. The second kappa shape index (κ2) is 7.93. The van der Waals surface area contributed by atoms with Crippen molar-refractivity contribution >= 4 is 23.3 Å². The van der Waals surface area contributed by atoms with E-state index in [1.165, 1.54) is 0 Å². The molecule has 0 saturated heterocycles. The number of carbonyl (C=O) groups excluding carboxylic acids is 2. The summed E-state index contributed by atoms with van der Waals surface area (Å²) in [7, 11) is 0. The maximum atomic E-state index is 13.2. The molecule has 8 heteroatoms. The molecule has 0 bridgehead atoms. The molecule has 0 spiro atoms. The Morgan fingerprint density at radius 1 is 1.25 bits per heavy atom. The SMILES string of the molecule is Cc1ccc(C(C(=O)NCc2ccccc2)N(C(=O)c2csnn2)C2CC2)o1. The number of amides is 2. The lowest BCUT2D eigenvalue weighted by Crippen LogP contribution is -2.44. The number of nitrogens with zero attached hydrogens (tertiary/aromatic N) is 3. The van der Waals surface area contributed by atoms with E-state index in [-0.39, 0.29) is 23.6 Å². The van der Waals surface area contributed by atoms with Crippen LogP contribution in [0.2, 0.25) is 0 Å². The number of benzene rings is 1. The van der Waals surface area contributed by atoms with Crippen molar-refractivity contribution in [1.82, 2.24) is 19.8 Å². The van der Waals surface area contributed by atoms with E-state index in [0.717, 1.165) is 29.9 Å². The smallest absolute Gasteiger partial charge is 0.276 e. The summed E-state index contributed by atoms with van der Waals surface area (Å²) in [4.78, 5) is 27.9. The molecule has 1 fully saturated rings. The van der Waals surface area contributed by atoms with Gasteiger partial charge in [-0.25, -0.2) is 0 Å². The van der Waals surface area contributed by atoms with Gasteiger partial charge >= 0.3 is 0 Å². The Bertz CT molecular complexity index is 951. The first-order valence-corrected chi connectivity index (χ1v) is 9.95. The van der Waals surface area contributed by atoms with Gasteiger partial charge < -0.3 is 14.6 Å². The molecule has 1 aromatic carbocycles. The summed E-state index contributed by atoms with van der Waals surface area (Å²) < 4.78 is 9.54. The number of nitrogens with one attached hydrogen (secondary N) is 1. The van der Waals surface area contributed by atoms with E-state index >= 15 is 0 Å². The predicted molar refractivity (Wildman–Crippen MR) is 104 cm³/mol. The van der Waals surface area contributed by atoms with E-state index in [4.69, 9.17) is 4.42 Å². The molecule has 1 aliphatic rings. The van der Waals surface area contributed by atoms with Crippen LogP contribution in [0.25, 0.3) is 0 Å². The fourth-order valence-corrected chi connectivity index (χ4v) is 3.54. The van der Waals surface area contributed by atoms with Crippen LogP contribution < -0.4 is 5.32 Å². The van der Waals surface area contributed by atoms with Crippen molar-refractivity contribution < 1.29 is 14.0 Å². The Morgan fingerprint density at radius 2 is 2.04 bits per heavy atom. The van der Waals surface area contributed by atoms with Gasteiger partial charge in [0, 0.05) is 18.0 Å². The predicted octanol–water partition coefficient (Wildman–Crippen LogP) is 3.10. The van der Waals surface area contributed by atoms with E-state index < -0.39 is 6.04 Å². The largest absolute Gasteiger partial charge is 0.464 e. The summed E-state index contributed by atoms with van der Waals surface area (Å²) >= 11 is 1.11. The van der Waals surface area contributed by atoms with Crippen LogP contribution in [-0.4, -0.2) is 32.3 Å². The van der Waals surface area contributed by atoms with Crippen molar-refractivity contribution in [2.24, 2.45) is 0 Å². The molecule has 7 nitrogen and oxygen atoms in total. The summed E-state index contributed by atoms with van der Waals surface area (Å²) in [5, 5.41) is 8.44. The molecule has 1 atom stereocenters. The van der Waals surface area contributed by atoms with Gasteiger partial charge in [-0.05, 0) is 49.0 Å². The Labute approximate surface area is 166 Å². The van der Waals surface area contributed by atoms with E-state index in [0.29, 0.717) is 18.1 Å². The third-order valence-electron chi connectivity index (χ3n) is 4.62. The Kier molecular flexibility index (Phi) is 5.21. The molecule has 1 aliphatic carbocycles. The quantitative estimate of drug-likeness (QED) is 0.663. The second-order valence-corrected chi connectivity index (χ2v) is 7.40. The van der Waals surface area contributed by atoms with Gasteiger partial charge in [-0.2, -0.15) is 0 Å². The van der Waals surface area contributed by atoms with Gasteiger partial charge in [-0.1, -0.05) is 34.8 Å². The Morgan fingerprint density at radius 3 is 2.64 bits per heavy atom. The van der Waals surface area contributed by atoms with E-state index in [9.17, 15) is 9.59 Å². The molecular formula is C20H20N4O3S. The van der Waals surface area contributed by atoms with Crippen molar-refractivity contribution in [3.05, 3.63) is 70.6 Å². The highest BCUT2D eigenvalue weighted by molar-refractivity contribution is 7.03. The molecule has 2 heterocycles. The topological polar surface area (TPSA) is 88.3 Å². The first kappa shape index (κ1) is 18.4. The van der Waals surface area contributed by atoms with Crippen molar-refractivity contribution in [1.29, 1.82) is 0 Å². The minimum atomic E-state index is -0.848. The number of rotatable bonds is 7. The fraction of sp³-hybridized carbons (Fsp3) is 0.300. The maximum absolute atomic E-state index is 13.2. The number of hydrogen-bond acceptors (Lipinski definition) is 6. The number of carbonyl (C=O) groups is 2. The van der Waals surface area contributed by atoms with Gasteiger partial charge in [0.05, 0.1) is 0 Å². The zero-order valence-corrected chi connectivity index (χ0v) is 16.2. The van der Waals surface area contributed by atoms with Crippen LogP contribution in [0.1, 0.15) is 46.5 Å². The summed E-state index contributed by atoms with van der Waals surface area (Å²) in [6.07, 6.45) is 1.71. The van der Waals surface area contributed by atoms with Crippen LogP contribution in [0.3, 0.4) is 0 Å². The van der Waals surface area contributed by atoms with Gasteiger partial charge in [0.15, 0.2) is 11.7 Å². The van der Waals surface area contributed by atoms with Crippen molar-refractivity contribution in [2.75, 3.05) is 0 Å². The minimum Gasteiger partial charge on any atom is -0.464 e. The number of aromatic nitrogens is 2. The normalized spacial score (nSPS) is 14.5. The summed E-state index contributed by atoms with van der Waals surface area (Å²) in [5.41, 5.74) is 1.24. The molecule has 2 amide bonds. The zero-order chi connectivity index (χ0) is 19.5. The molecule has 28 heavy (non-hydrogen) atoms. The lowest BCUT2D eigenvalue weighted by molar-refractivity contribution is -0.126. The molecule has 3 aromatic rings. The van der Waals surface area contributed by atoms with Crippen molar-refractivity contribution in [3.63, 3.8) is 0 Å². The number of aryl methyl sites for hydroxylation is 1. The molecule has 2 aromatic heterocycles. The number of furan rings is 1. The molecule has 4 rings (SSSR count). The first-order valence-electron chi connectivity index (χ1n) is 9.11. The first-order chi connectivity index (χ1) is 13.6. The molecular weight excluding hydrogens is 376 g/mol.